The highest BCUT2D eigenvalue weighted by Gasteiger charge is 2.27. The molecule has 0 unspecified atom stereocenters. The summed E-state index contributed by atoms with van der Waals surface area (Å²) in [5.41, 5.74) is 21.3. The van der Waals surface area contributed by atoms with E-state index >= 15 is 0 Å². The largest absolute Gasteiger partial charge is 1.00 e. The number of hydrogen-bond donors (Lipinski definition) is 8. The molecule has 20 nitrogen and oxygen atoms in total. The molecule has 0 aromatic rings. The lowest BCUT2D eigenvalue weighted by molar-refractivity contribution is -0.774. The van der Waals surface area contributed by atoms with Gasteiger partial charge in [-0.2, -0.15) is 0 Å². The van der Waals surface area contributed by atoms with E-state index in [4.69, 9.17) is 22.9 Å². The van der Waals surface area contributed by atoms with E-state index in [-0.39, 0.29) is 120 Å². The molecule has 0 radical (unpaired) electrons. The molecule has 336 valence electrons. The number of amides is 4. The monoisotopic (exact) mass is 1260 g/mol. The third-order valence-corrected chi connectivity index (χ3v) is 5.82. The molecule has 0 aliphatic carbocycles. The molecule has 0 aromatic heterocycles. The van der Waals surface area contributed by atoms with Crippen molar-refractivity contribution in [3.05, 3.63) is 0 Å². The first-order valence-electron chi connectivity index (χ1n) is 16.9. The number of quaternary nitrogens is 4. The van der Waals surface area contributed by atoms with E-state index in [1.807, 2.05) is 84.6 Å². The van der Waals surface area contributed by atoms with E-state index in [1.165, 1.54) is 0 Å². The first-order valence-corrected chi connectivity index (χ1v) is 16.9. The average molecular weight is 1260 g/mol. The maximum atomic E-state index is 11.4. The van der Waals surface area contributed by atoms with Gasteiger partial charge in [0.15, 0.2) is 0 Å². The molecular weight excluding hydrogens is 1180 g/mol. The molecule has 0 aliphatic heterocycles. The number of likely N-dealkylation sites (N-methyl/N-ethyl adjacent to an activating group) is 8. The number of hydrogen-bond acceptors (Lipinski definition) is 12. The molecule has 0 aromatic carbocycles. The van der Waals surface area contributed by atoms with Crippen LogP contribution in [0.5, 0.6) is 0 Å². The topological polar surface area (TPSA) is 270 Å². The summed E-state index contributed by atoms with van der Waals surface area (Å²) in [6.07, 6.45) is 0. The minimum absolute atomic E-state index is 0. The third-order valence-electron chi connectivity index (χ3n) is 5.82. The van der Waals surface area contributed by atoms with E-state index in [2.05, 4.69) is 41.2 Å². The van der Waals surface area contributed by atoms with Gasteiger partial charge in [-0.25, -0.2) is 20.0 Å². The van der Waals surface area contributed by atoms with Crippen LogP contribution >= 0.6 is 0 Å². The Bertz CT molecular complexity index is 1020. The van der Waals surface area contributed by atoms with E-state index in [0.29, 0.717) is 93.6 Å². The fourth-order valence-electron chi connectivity index (χ4n) is 3.48. The number of rotatable bonds is 8. The van der Waals surface area contributed by atoms with Crippen LogP contribution in [0.4, 0.5) is 0 Å². The molecule has 0 heterocycles. The van der Waals surface area contributed by atoms with Gasteiger partial charge in [0.2, 0.25) is 0 Å². The highest BCUT2D eigenvalue weighted by molar-refractivity contribution is 6.35. The molecule has 56 heavy (non-hydrogen) atoms. The van der Waals surface area contributed by atoms with Gasteiger partial charge in [-0.15, -0.1) is 0 Å². The molecule has 0 saturated heterocycles. The quantitative estimate of drug-likeness (QED) is 0.0500. The predicted molar refractivity (Wildman–Crippen MR) is 214 cm³/mol. The average Bonchev–Trinajstić information content (AvgIpc) is 3.03. The molecule has 0 spiro atoms. The van der Waals surface area contributed by atoms with Crippen molar-refractivity contribution in [1.29, 1.82) is 0 Å². The summed E-state index contributed by atoms with van der Waals surface area (Å²) in [6, 6.07) is 0. The molecule has 4 amide bonds. The van der Waals surface area contributed by atoms with Crippen molar-refractivity contribution in [2.24, 2.45) is 42.9 Å². The van der Waals surface area contributed by atoms with E-state index in [9.17, 15) is 19.2 Å². The molecule has 0 atom stereocenters. The normalized spacial score (nSPS) is 11.9. The van der Waals surface area contributed by atoms with Crippen molar-refractivity contribution in [3.63, 3.8) is 0 Å². The Balaban J connectivity index is -0.0000000893. The van der Waals surface area contributed by atoms with Crippen LogP contribution in [0.3, 0.4) is 0 Å². The number of carbonyl (C=O) groups excluding carboxylic acids is 4. The van der Waals surface area contributed by atoms with Crippen molar-refractivity contribution in [1.82, 2.24) is 21.3 Å². The number of amidine groups is 4. The summed E-state index contributed by atoms with van der Waals surface area (Å²) in [5, 5.41) is 10.2. The van der Waals surface area contributed by atoms with Crippen LogP contribution < -0.4 is 140 Å². The Morgan fingerprint density at radius 3 is 0.554 bits per heavy atom. The maximum absolute atomic E-state index is 11.4. The SMILES string of the molecule is CNC(=O)/C(=N/CCN)[N+](C)(C)C.CNC(=O)/C(=N/CCN)[N+](C)(C)C.CNC(=O)/C(=N/CCN)[N+](C)(C)C.CNC(=O)/C(=N/CCN)[N+](C)(C)C.[I-].[I-].[I-].[I-]. The molecule has 0 fully saturated rings. The van der Waals surface area contributed by atoms with Gasteiger partial charge in [0.1, 0.15) is 0 Å². The Morgan fingerprint density at radius 1 is 0.357 bits per heavy atom. The van der Waals surface area contributed by atoms with Gasteiger partial charge < -0.3 is 140 Å². The third kappa shape index (κ3) is 36.3. The Kier molecular flexibility index (Phi) is 49.8. The van der Waals surface area contributed by atoms with E-state index < -0.39 is 0 Å². The number of carbonyl (C=O) groups is 4. The number of aliphatic imine (C=N–C) groups is 4. The Hall–Kier alpha value is -0.840. The number of nitrogens with zero attached hydrogens (tertiary/aromatic N) is 8. The predicted octanol–water partition coefficient (Wildman–Crippen LogP) is -16.8. The van der Waals surface area contributed by atoms with Crippen LogP contribution in [-0.2, 0) is 19.2 Å². The second-order valence-corrected chi connectivity index (χ2v) is 14.3. The smallest absolute Gasteiger partial charge is 0.325 e. The standard InChI is InChI=1S/4C8H18N4O.4HI/c4*1-10-8(13)7(11-6-5-9)12(2,3)4;;;;/h4*5-6,9H2,1-4H3;4*1H/b4*11-7-;;;;. The molecule has 24 heteroatoms. The first-order chi connectivity index (χ1) is 23.7. The van der Waals surface area contributed by atoms with Gasteiger partial charge in [-0.05, 0) is 0 Å². The van der Waals surface area contributed by atoms with Gasteiger partial charge >= 0.3 is 23.6 Å². The number of nitrogens with one attached hydrogen (secondary N) is 4. The number of halogens is 4. The summed E-state index contributed by atoms with van der Waals surface area (Å²) in [6.45, 7) is 3.77. The zero-order valence-corrected chi connectivity index (χ0v) is 45.3. The summed E-state index contributed by atoms with van der Waals surface area (Å²) in [4.78, 5) is 62.0. The van der Waals surface area contributed by atoms with Gasteiger partial charge in [0.25, 0.3) is 23.3 Å². The van der Waals surface area contributed by atoms with E-state index in [1.54, 1.807) is 28.2 Å². The van der Waals surface area contributed by atoms with Gasteiger partial charge in [0.05, 0.1) is 111 Å². The molecule has 12 N–H and O–H groups in total. The van der Waals surface area contributed by atoms with Crippen molar-refractivity contribution >= 4 is 47.0 Å². The van der Waals surface area contributed by atoms with Crippen molar-refractivity contribution < 1.29 is 133 Å². The maximum Gasteiger partial charge on any atom is 0.325 e. The second kappa shape index (κ2) is 38.4. The lowest BCUT2D eigenvalue weighted by Gasteiger charge is -2.23. The van der Waals surface area contributed by atoms with Crippen LogP contribution in [0.2, 0.25) is 0 Å². The van der Waals surface area contributed by atoms with Crippen LogP contribution in [0.25, 0.3) is 0 Å². The van der Waals surface area contributed by atoms with Crippen LogP contribution in [-0.4, -0.2) is 230 Å². The summed E-state index contributed by atoms with van der Waals surface area (Å²) >= 11 is 0. The minimum atomic E-state index is -0.152. The molecule has 0 saturated carbocycles. The highest BCUT2D eigenvalue weighted by Crippen LogP contribution is 1.98. The lowest BCUT2D eigenvalue weighted by Crippen LogP contribution is -3.00. The fraction of sp³-hybridized carbons (Fsp3) is 0.750. The van der Waals surface area contributed by atoms with Crippen LogP contribution in [0.1, 0.15) is 0 Å². The van der Waals surface area contributed by atoms with Crippen LogP contribution in [0, 0.1) is 0 Å². The zero-order chi connectivity index (χ0) is 41.9. The molecule has 0 bridgehead atoms. The van der Waals surface area contributed by atoms with Gasteiger partial charge in [0, 0.05) is 54.4 Å². The molecular formula is C32H76I4N16O4. The first kappa shape index (κ1) is 72.8. The second-order valence-electron chi connectivity index (χ2n) is 14.3. The van der Waals surface area contributed by atoms with Gasteiger partial charge in [-0.1, -0.05) is 0 Å². The van der Waals surface area contributed by atoms with Crippen molar-refractivity contribution in [3.8, 4) is 0 Å². The minimum Gasteiger partial charge on any atom is -1.00 e. The van der Waals surface area contributed by atoms with E-state index in [0.717, 1.165) is 0 Å². The highest BCUT2D eigenvalue weighted by atomic mass is 127. The fourth-order valence-corrected chi connectivity index (χ4v) is 3.48. The Morgan fingerprint density at radius 2 is 0.482 bits per heavy atom. The summed E-state index contributed by atoms with van der Waals surface area (Å²) in [7, 11) is 29.1. The van der Waals surface area contributed by atoms with Crippen LogP contribution in [0.15, 0.2) is 20.0 Å². The number of nitrogens with two attached hydrogens (primary N) is 4. The van der Waals surface area contributed by atoms with Crippen molar-refractivity contribution in [2.75, 3.05) is 165 Å². The molecule has 0 rings (SSSR count). The summed E-state index contributed by atoms with van der Waals surface area (Å²) in [5.74, 6) is 1.37. The van der Waals surface area contributed by atoms with Crippen molar-refractivity contribution in [2.45, 2.75) is 0 Å². The lowest BCUT2D eigenvalue weighted by atomic mass is 10.4. The Labute approximate surface area is 405 Å². The zero-order valence-electron chi connectivity index (χ0n) is 36.7. The summed E-state index contributed by atoms with van der Waals surface area (Å²) < 4.78 is 1.61. The van der Waals surface area contributed by atoms with Gasteiger partial charge in [-0.3, -0.25) is 37.1 Å². The molecule has 0 aliphatic rings.